The Kier molecular flexibility index (Phi) is 4.56. The fraction of sp³-hybridized carbons (Fsp3) is 0.500. The first-order valence-electron chi connectivity index (χ1n) is 5.18. The Morgan fingerprint density at radius 3 is 2.65 bits per heavy atom. The van der Waals surface area contributed by atoms with Crippen LogP contribution in [0.2, 0.25) is 0 Å². The first-order chi connectivity index (χ1) is 7.78. The first-order valence-corrected chi connectivity index (χ1v) is 6.06. The molecule has 1 amide bonds. The van der Waals surface area contributed by atoms with E-state index in [1.807, 2.05) is 0 Å². The lowest BCUT2D eigenvalue weighted by Crippen LogP contribution is -2.32. The second kappa shape index (κ2) is 5.53. The van der Waals surface area contributed by atoms with Crippen LogP contribution in [0.3, 0.4) is 0 Å². The fourth-order valence-corrected chi connectivity index (χ4v) is 1.94. The van der Waals surface area contributed by atoms with Gasteiger partial charge in [0.15, 0.2) is 0 Å². The molecular weight excluding hydrogens is 241 g/mol. The minimum absolute atomic E-state index is 0.312. The van der Waals surface area contributed by atoms with E-state index in [1.165, 1.54) is 11.3 Å². The van der Waals surface area contributed by atoms with Crippen LogP contribution >= 0.6 is 11.3 Å². The molecule has 0 bridgehead atoms. The van der Waals surface area contributed by atoms with E-state index in [2.05, 4.69) is 5.32 Å². The maximum Gasteiger partial charge on any atom is 0.489 e. The summed E-state index contributed by atoms with van der Waals surface area (Å²) in [5.41, 5.74) is -0.0950. The number of hydrogen-bond acceptors (Lipinski definition) is 5. The zero-order valence-corrected chi connectivity index (χ0v) is 10.9. The van der Waals surface area contributed by atoms with Crippen molar-refractivity contribution in [3.8, 4) is 0 Å². The molecule has 1 rings (SSSR count). The summed E-state index contributed by atoms with van der Waals surface area (Å²) >= 11 is 1.35. The van der Waals surface area contributed by atoms with Crippen LogP contribution in [0.5, 0.6) is 0 Å². The Hall–Kier alpha value is -1.05. The van der Waals surface area contributed by atoms with Crippen molar-refractivity contribution < 1.29 is 19.6 Å². The quantitative estimate of drug-likeness (QED) is 0.687. The lowest BCUT2D eigenvalue weighted by molar-refractivity contribution is 0.0524. The van der Waals surface area contributed by atoms with Crippen LogP contribution in [0, 0.1) is 0 Å². The highest BCUT2D eigenvalue weighted by Gasteiger charge is 2.17. The summed E-state index contributed by atoms with van der Waals surface area (Å²) in [4.78, 5) is 12.2. The number of hydrogen-bond donors (Lipinski definition) is 3. The molecule has 0 radical (unpaired) electrons. The summed E-state index contributed by atoms with van der Waals surface area (Å²) in [6.45, 7) is 5.68. The molecule has 0 aliphatic carbocycles. The van der Waals surface area contributed by atoms with Gasteiger partial charge in [0.25, 0.3) is 0 Å². The Bertz CT molecular complexity index is 386. The van der Waals surface area contributed by atoms with Crippen LogP contribution in [-0.2, 0) is 11.3 Å². The molecule has 0 aliphatic rings. The van der Waals surface area contributed by atoms with Gasteiger partial charge in [-0.1, -0.05) is 0 Å². The Labute approximate surface area is 105 Å². The molecule has 0 spiro atoms. The summed E-state index contributed by atoms with van der Waals surface area (Å²) in [6, 6.07) is 1.63. The molecule has 3 N–H and O–H groups in total. The van der Waals surface area contributed by atoms with Gasteiger partial charge < -0.3 is 20.1 Å². The van der Waals surface area contributed by atoms with Gasteiger partial charge in [0.1, 0.15) is 5.60 Å². The van der Waals surface area contributed by atoms with Crippen molar-refractivity contribution in [3.63, 3.8) is 0 Å². The number of alkyl carbamates (subject to hydrolysis) is 1. The molecule has 0 aliphatic heterocycles. The molecule has 0 fully saturated rings. The summed E-state index contributed by atoms with van der Waals surface area (Å²) in [5, 5.41) is 22.1. The number of thiophene rings is 1. The Morgan fingerprint density at radius 2 is 2.18 bits per heavy atom. The minimum Gasteiger partial charge on any atom is -0.444 e. The molecule has 0 saturated heterocycles. The van der Waals surface area contributed by atoms with E-state index in [0.29, 0.717) is 12.0 Å². The number of amides is 1. The Morgan fingerprint density at radius 1 is 1.53 bits per heavy atom. The van der Waals surface area contributed by atoms with Crippen molar-refractivity contribution >= 4 is 30.0 Å². The second-order valence-electron chi connectivity index (χ2n) is 4.58. The molecule has 1 heterocycles. The van der Waals surface area contributed by atoms with Gasteiger partial charge in [-0.2, -0.15) is 0 Å². The molecule has 0 atom stereocenters. The van der Waals surface area contributed by atoms with Gasteiger partial charge in [-0.15, -0.1) is 11.3 Å². The van der Waals surface area contributed by atoms with Gasteiger partial charge in [0.2, 0.25) is 0 Å². The van der Waals surface area contributed by atoms with Crippen LogP contribution < -0.4 is 10.8 Å². The van der Waals surface area contributed by atoms with Crippen LogP contribution in [0.1, 0.15) is 25.6 Å². The van der Waals surface area contributed by atoms with Gasteiger partial charge in [0, 0.05) is 4.88 Å². The highest BCUT2D eigenvalue weighted by molar-refractivity contribution is 7.11. The predicted molar refractivity (Wildman–Crippen MR) is 67.2 cm³/mol. The Balaban J connectivity index is 2.42. The van der Waals surface area contributed by atoms with Gasteiger partial charge in [0.05, 0.1) is 6.54 Å². The van der Waals surface area contributed by atoms with Crippen molar-refractivity contribution in [2.45, 2.75) is 32.9 Å². The average Bonchev–Trinajstić information content (AvgIpc) is 2.60. The number of carbonyl (C=O) groups is 1. The minimum atomic E-state index is -1.47. The zero-order valence-electron chi connectivity index (χ0n) is 10.1. The van der Waals surface area contributed by atoms with Crippen molar-refractivity contribution in [1.29, 1.82) is 0 Å². The van der Waals surface area contributed by atoms with Crippen molar-refractivity contribution in [1.82, 2.24) is 5.32 Å². The molecule has 0 saturated carbocycles. The fourth-order valence-electron chi connectivity index (χ4n) is 1.10. The number of rotatable bonds is 3. The van der Waals surface area contributed by atoms with Crippen molar-refractivity contribution in [2.75, 3.05) is 0 Å². The number of carbonyl (C=O) groups excluding carboxylic acids is 1. The second-order valence-corrected chi connectivity index (χ2v) is 5.57. The SMILES string of the molecule is CC(C)(C)OC(=O)NCc1cc(B(O)O)cs1. The zero-order chi connectivity index (χ0) is 13.1. The maximum atomic E-state index is 11.3. The smallest absolute Gasteiger partial charge is 0.444 e. The van der Waals surface area contributed by atoms with Crippen molar-refractivity contribution in [3.05, 3.63) is 16.3 Å². The predicted octanol–water partition coefficient (Wildman–Crippen LogP) is 0.453. The lowest BCUT2D eigenvalue weighted by atomic mass is 9.83. The average molecular weight is 257 g/mol. The monoisotopic (exact) mass is 257 g/mol. The first kappa shape index (κ1) is 14.0. The third kappa shape index (κ3) is 5.21. The van der Waals surface area contributed by atoms with Crippen LogP contribution in [0.4, 0.5) is 4.79 Å². The number of ether oxygens (including phenoxy) is 1. The lowest BCUT2D eigenvalue weighted by Gasteiger charge is -2.19. The maximum absolute atomic E-state index is 11.3. The molecule has 0 aromatic carbocycles. The van der Waals surface area contributed by atoms with Gasteiger partial charge in [-0.3, -0.25) is 0 Å². The van der Waals surface area contributed by atoms with Crippen molar-refractivity contribution in [2.24, 2.45) is 0 Å². The van der Waals surface area contributed by atoms with Gasteiger partial charge >= 0.3 is 13.2 Å². The third-order valence-electron chi connectivity index (χ3n) is 1.78. The third-order valence-corrected chi connectivity index (χ3v) is 2.73. The van der Waals surface area contributed by atoms with Gasteiger partial charge in [-0.25, -0.2) is 4.79 Å². The topological polar surface area (TPSA) is 78.8 Å². The number of nitrogens with one attached hydrogen (secondary N) is 1. The van der Waals surface area contributed by atoms with E-state index in [-0.39, 0.29) is 0 Å². The molecule has 1 aromatic heterocycles. The molecule has 5 nitrogen and oxygen atoms in total. The molecule has 7 heteroatoms. The van der Waals surface area contributed by atoms with E-state index in [4.69, 9.17) is 14.8 Å². The van der Waals surface area contributed by atoms with Crippen LogP contribution in [-0.4, -0.2) is 28.9 Å². The van der Waals surface area contributed by atoms with E-state index in [9.17, 15) is 4.79 Å². The summed E-state index contributed by atoms with van der Waals surface area (Å²) in [6.07, 6.45) is -0.489. The van der Waals surface area contributed by atoms with E-state index in [1.54, 1.807) is 32.2 Å². The van der Waals surface area contributed by atoms with E-state index in [0.717, 1.165) is 4.88 Å². The highest BCUT2D eigenvalue weighted by atomic mass is 32.1. The molecule has 17 heavy (non-hydrogen) atoms. The normalized spacial score (nSPS) is 11.1. The van der Waals surface area contributed by atoms with Gasteiger partial charge in [-0.05, 0) is 37.7 Å². The van der Waals surface area contributed by atoms with Crippen LogP contribution in [0.25, 0.3) is 0 Å². The largest absolute Gasteiger partial charge is 0.489 e. The summed E-state index contributed by atoms with van der Waals surface area (Å²) < 4.78 is 5.07. The molecule has 0 unspecified atom stereocenters. The van der Waals surface area contributed by atoms with E-state index < -0.39 is 18.8 Å². The standard InChI is InChI=1S/C10H16BNO4S/c1-10(2,3)16-9(13)12-5-8-4-7(6-17-8)11(14)15/h4,6,14-15H,5H2,1-3H3,(H,12,13). The van der Waals surface area contributed by atoms with Crippen LogP contribution in [0.15, 0.2) is 11.4 Å². The molecular formula is C10H16BNO4S. The van der Waals surface area contributed by atoms with E-state index >= 15 is 0 Å². The highest BCUT2D eigenvalue weighted by Crippen LogP contribution is 2.09. The summed E-state index contributed by atoms with van der Waals surface area (Å²) in [7, 11) is -1.47. The molecule has 94 valence electrons. The molecule has 1 aromatic rings. The summed E-state index contributed by atoms with van der Waals surface area (Å²) in [5.74, 6) is 0.